The molecule has 3 rings (SSSR count). The Morgan fingerprint density at radius 2 is 1.44 bits per heavy atom. The maximum Gasteiger partial charge on any atom is 0.180 e. The lowest BCUT2D eigenvalue weighted by molar-refractivity contribution is 0.247. The summed E-state index contributed by atoms with van der Waals surface area (Å²) in [6.45, 7) is 5.35. The third-order valence-corrected chi connectivity index (χ3v) is 4.59. The molecule has 5 heteroatoms. The first kappa shape index (κ1) is 17.3. The molecule has 0 aliphatic heterocycles. The van der Waals surface area contributed by atoms with E-state index >= 15 is 0 Å². The molecule has 0 aliphatic carbocycles. The van der Waals surface area contributed by atoms with Crippen molar-refractivity contribution in [2.24, 2.45) is 0 Å². The molecule has 25 heavy (non-hydrogen) atoms. The molecule has 0 bridgehead atoms. The smallest absolute Gasteiger partial charge is 0.180 e. The van der Waals surface area contributed by atoms with E-state index in [0.717, 1.165) is 34.1 Å². The molecule has 0 spiro atoms. The highest BCUT2D eigenvalue weighted by molar-refractivity contribution is 7.15. The van der Waals surface area contributed by atoms with Crippen LogP contribution in [0.4, 0.5) is 5.13 Å². The molecule has 0 unspecified atom stereocenters. The maximum atomic E-state index is 5.77. The topological polar surface area (TPSA) is 57.4 Å². The molecule has 0 saturated heterocycles. The van der Waals surface area contributed by atoms with Crippen LogP contribution in [-0.4, -0.2) is 18.2 Å². The Kier molecular flexibility index (Phi) is 5.56. The number of nitrogens with two attached hydrogens (primary N) is 1. The minimum atomic E-state index is 0.599. The van der Waals surface area contributed by atoms with Gasteiger partial charge in [0, 0.05) is 16.9 Å². The van der Waals surface area contributed by atoms with E-state index in [1.54, 1.807) is 0 Å². The minimum Gasteiger partial charge on any atom is -0.493 e. The molecule has 130 valence electrons. The fourth-order valence-electron chi connectivity index (χ4n) is 2.47. The van der Waals surface area contributed by atoms with E-state index in [2.05, 4.69) is 11.9 Å². The van der Waals surface area contributed by atoms with E-state index in [9.17, 15) is 0 Å². The lowest BCUT2D eigenvalue weighted by atomic mass is 10.1. The van der Waals surface area contributed by atoms with Crippen molar-refractivity contribution in [3.8, 4) is 22.8 Å². The zero-order valence-corrected chi connectivity index (χ0v) is 15.3. The van der Waals surface area contributed by atoms with E-state index in [-0.39, 0.29) is 0 Å². The largest absolute Gasteiger partial charge is 0.493 e. The molecule has 3 aromatic rings. The van der Waals surface area contributed by atoms with E-state index in [1.807, 2.05) is 55.5 Å². The minimum absolute atomic E-state index is 0.599. The second-order valence-corrected chi connectivity index (χ2v) is 7.08. The summed E-state index contributed by atoms with van der Waals surface area (Å²) in [7, 11) is 0. The lowest BCUT2D eigenvalue weighted by Gasteiger charge is -2.09. The number of hydrogen-bond acceptors (Lipinski definition) is 5. The second-order valence-electron chi connectivity index (χ2n) is 5.84. The van der Waals surface area contributed by atoms with Gasteiger partial charge < -0.3 is 15.2 Å². The Morgan fingerprint density at radius 1 is 0.880 bits per heavy atom. The van der Waals surface area contributed by atoms with Crippen LogP contribution in [0.1, 0.15) is 16.9 Å². The number of anilines is 1. The number of thiazole rings is 1. The van der Waals surface area contributed by atoms with Gasteiger partial charge in [0.25, 0.3) is 0 Å². The zero-order valence-electron chi connectivity index (χ0n) is 14.5. The molecule has 2 N–H and O–H groups in total. The number of benzene rings is 2. The molecule has 0 amide bonds. The van der Waals surface area contributed by atoms with E-state index in [1.165, 1.54) is 16.9 Å². The third-order valence-electron chi connectivity index (χ3n) is 3.79. The van der Waals surface area contributed by atoms with Gasteiger partial charge in [-0.25, -0.2) is 4.98 Å². The van der Waals surface area contributed by atoms with Gasteiger partial charge in [-0.3, -0.25) is 0 Å². The quantitative estimate of drug-likeness (QED) is 0.616. The molecule has 0 saturated carbocycles. The second kappa shape index (κ2) is 8.03. The van der Waals surface area contributed by atoms with Crippen molar-refractivity contribution in [3.05, 3.63) is 59.0 Å². The molecular weight excluding hydrogens is 332 g/mol. The van der Waals surface area contributed by atoms with Gasteiger partial charge in [-0.15, -0.1) is 11.3 Å². The summed E-state index contributed by atoms with van der Waals surface area (Å²) in [5, 5.41) is 0.599. The first-order valence-corrected chi connectivity index (χ1v) is 9.09. The molecule has 1 heterocycles. The molecular formula is C20H22N2O2S. The highest BCUT2D eigenvalue weighted by atomic mass is 32.1. The van der Waals surface area contributed by atoms with Crippen molar-refractivity contribution in [3.63, 3.8) is 0 Å². The lowest BCUT2D eigenvalue weighted by Crippen LogP contribution is -2.04. The van der Waals surface area contributed by atoms with Crippen LogP contribution >= 0.6 is 11.3 Å². The maximum absolute atomic E-state index is 5.77. The average molecular weight is 354 g/mol. The molecule has 0 aliphatic rings. The normalized spacial score (nSPS) is 10.6. The van der Waals surface area contributed by atoms with Crippen molar-refractivity contribution in [2.45, 2.75) is 20.3 Å². The SMILES string of the molecule is Cc1ccc(OCCCOc2ccc(-c3nc(N)sc3C)cc2)cc1. The van der Waals surface area contributed by atoms with Crippen LogP contribution in [0.15, 0.2) is 48.5 Å². The van der Waals surface area contributed by atoms with Crippen LogP contribution in [0.3, 0.4) is 0 Å². The fourth-order valence-corrected chi connectivity index (χ4v) is 3.18. The van der Waals surface area contributed by atoms with E-state index in [0.29, 0.717) is 18.3 Å². The fraction of sp³-hybridized carbons (Fsp3) is 0.250. The van der Waals surface area contributed by atoms with Gasteiger partial charge in [0.15, 0.2) is 5.13 Å². The number of nitrogens with zero attached hydrogens (tertiary/aromatic N) is 1. The van der Waals surface area contributed by atoms with Gasteiger partial charge in [0.2, 0.25) is 0 Å². The van der Waals surface area contributed by atoms with Gasteiger partial charge in [0.05, 0.1) is 18.9 Å². The van der Waals surface area contributed by atoms with E-state index < -0.39 is 0 Å². The molecule has 1 aromatic heterocycles. The van der Waals surface area contributed by atoms with Crippen LogP contribution in [0.5, 0.6) is 11.5 Å². The Balaban J connectivity index is 1.44. The number of ether oxygens (including phenoxy) is 2. The number of hydrogen-bond donors (Lipinski definition) is 1. The summed E-state index contributed by atoms with van der Waals surface area (Å²) < 4.78 is 11.5. The third kappa shape index (κ3) is 4.73. The van der Waals surface area contributed by atoms with Crippen molar-refractivity contribution < 1.29 is 9.47 Å². The molecule has 0 radical (unpaired) electrons. The van der Waals surface area contributed by atoms with Crippen LogP contribution in [0.2, 0.25) is 0 Å². The van der Waals surface area contributed by atoms with Crippen molar-refractivity contribution >= 4 is 16.5 Å². The monoisotopic (exact) mass is 354 g/mol. The predicted octanol–water partition coefficient (Wildman–Crippen LogP) is 4.86. The summed E-state index contributed by atoms with van der Waals surface area (Å²) in [6, 6.07) is 16.0. The zero-order chi connectivity index (χ0) is 17.6. The Morgan fingerprint density at radius 3 is 1.96 bits per heavy atom. The predicted molar refractivity (Wildman–Crippen MR) is 103 cm³/mol. The average Bonchev–Trinajstić information content (AvgIpc) is 2.95. The molecule has 0 fully saturated rings. The number of nitrogen functional groups attached to an aromatic ring is 1. The van der Waals surface area contributed by atoms with Gasteiger partial charge >= 0.3 is 0 Å². The first-order valence-electron chi connectivity index (χ1n) is 8.27. The van der Waals surface area contributed by atoms with Gasteiger partial charge in [0.1, 0.15) is 11.5 Å². The van der Waals surface area contributed by atoms with Crippen molar-refractivity contribution in [2.75, 3.05) is 18.9 Å². The number of rotatable bonds is 7. The van der Waals surface area contributed by atoms with Gasteiger partial charge in [-0.1, -0.05) is 17.7 Å². The highest BCUT2D eigenvalue weighted by Crippen LogP contribution is 2.29. The van der Waals surface area contributed by atoms with Crippen molar-refractivity contribution in [1.82, 2.24) is 4.98 Å². The Labute approximate surface area is 152 Å². The summed E-state index contributed by atoms with van der Waals surface area (Å²) in [5.74, 6) is 1.74. The van der Waals surface area contributed by atoms with Crippen LogP contribution in [-0.2, 0) is 0 Å². The van der Waals surface area contributed by atoms with Crippen LogP contribution in [0.25, 0.3) is 11.3 Å². The van der Waals surface area contributed by atoms with Gasteiger partial charge in [-0.2, -0.15) is 0 Å². The standard InChI is InChI=1S/C20H22N2O2S/c1-14-4-8-17(9-5-14)23-12-3-13-24-18-10-6-16(7-11-18)19-15(2)25-20(21)22-19/h4-11H,3,12-13H2,1-2H3,(H2,21,22). The Hall–Kier alpha value is -2.53. The van der Waals surface area contributed by atoms with Gasteiger partial charge in [-0.05, 0) is 50.2 Å². The van der Waals surface area contributed by atoms with Crippen LogP contribution < -0.4 is 15.2 Å². The Bertz CT molecular complexity index is 811. The van der Waals surface area contributed by atoms with E-state index in [4.69, 9.17) is 15.2 Å². The van der Waals surface area contributed by atoms with Crippen LogP contribution in [0, 0.1) is 13.8 Å². The number of aryl methyl sites for hydroxylation is 2. The highest BCUT2D eigenvalue weighted by Gasteiger charge is 2.08. The summed E-state index contributed by atoms with van der Waals surface area (Å²) in [6.07, 6.45) is 0.831. The molecule has 4 nitrogen and oxygen atoms in total. The summed E-state index contributed by atoms with van der Waals surface area (Å²) in [5.41, 5.74) is 8.99. The summed E-state index contributed by atoms with van der Waals surface area (Å²) >= 11 is 1.51. The van der Waals surface area contributed by atoms with Crippen molar-refractivity contribution in [1.29, 1.82) is 0 Å². The molecule has 0 atom stereocenters. The molecule has 2 aromatic carbocycles. The number of aromatic nitrogens is 1. The first-order chi connectivity index (χ1) is 12.1. The summed E-state index contributed by atoms with van der Waals surface area (Å²) in [4.78, 5) is 5.49.